The summed E-state index contributed by atoms with van der Waals surface area (Å²) in [5.41, 5.74) is 0.261. The summed E-state index contributed by atoms with van der Waals surface area (Å²) in [5.74, 6) is -11.5. The number of nitrogens with one attached hydrogen (secondary N) is 5. The number of carbonyl (C=O) groups excluding carboxylic acids is 11. The number of benzene rings is 2. The Morgan fingerprint density at radius 1 is 0.638 bits per heavy atom. The maximum absolute atomic E-state index is 14.7. The van der Waals surface area contributed by atoms with Gasteiger partial charge >= 0.3 is 23.9 Å². The van der Waals surface area contributed by atoms with Crippen molar-refractivity contribution >= 4 is 65.2 Å². The van der Waals surface area contributed by atoms with Crippen molar-refractivity contribution in [1.29, 1.82) is 0 Å². The number of aliphatic hydroxyl groups excluding tert-OH is 6. The van der Waals surface area contributed by atoms with Gasteiger partial charge in [0.25, 0.3) is 5.91 Å². The van der Waals surface area contributed by atoms with E-state index in [4.69, 9.17) is 33.2 Å². The number of hydrogen-bond acceptors (Lipinski definition) is 24. The first-order chi connectivity index (χ1) is 44.5. The topological polar surface area (TPSA) is 440 Å². The molecule has 0 aliphatic carbocycles. The van der Waals surface area contributed by atoms with Gasteiger partial charge in [0, 0.05) is 78.1 Å². The number of esters is 4. The van der Waals surface area contributed by atoms with Crippen LogP contribution in [0.1, 0.15) is 123 Å². The lowest BCUT2D eigenvalue weighted by Gasteiger charge is -2.43. The quantitative estimate of drug-likeness (QED) is 0.0340. The lowest BCUT2D eigenvalue weighted by molar-refractivity contribution is -0.288. The first kappa shape index (κ1) is 75.0. The lowest BCUT2D eigenvalue weighted by Crippen LogP contribution is -2.64. The Bertz CT molecular complexity index is 2970. The molecule has 4 aliphatic rings. The minimum Gasteiger partial charge on any atom is -0.494 e. The van der Waals surface area contributed by atoms with Crippen molar-refractivity contribution in [2.45, 2.75) is 217 Å². The summed E-state index contributed by atoms with van der Waals surface area (Å²) < 4.78 is 39.5. The zero-order valence-electron chi connectivity index (χ0n) is 53.8. The van der Waals surface area contributed by atoms with Crippen molar-refractivity contribution in [2.75, 3.05) is 32.8 Å². The van der Waals surface area contributed by atoms with Gasteiger partial charge in [0.15, 0.2) is 12.2 Å². The molecule has 0 saturated carbocycles. The summed E-state index contributed by atoms with van der Waals surface area (Å²) in [4.78, 5) is 152. The molecule has 94 heavy (non-hydrogen) atoms. The molecule has 0 bridgehead atoms. The molecule has 31 nitrogen and oxygen atoms in total. The van der Waals surface area contributed by atoms with E-state index in [-0.39, 0.29) is 23.4 Å². The van der Waals surface area contributed by atoms with Crippen molar-refractivity contribution in [3.8, 4) is 11.5 Å². The van der Waals surface area contributed by atoms with Crippen LogP contribution in [0.15, 0.2) is 48.5 Å². The number of carbonyl (C=O) groups is 11. The van der Waals surface area contributed by atoms with E-state index in [1.54, 1.807) is 12.1 Å². The number of unbranched alkanes of at least 4 members (excludes halogenated alkanes) is 5. The van der Waals surface area contributed by atoms with Crippen LogP contribution < -0.4 is 36.1 Å². The van der Waals surface area contributed by atoms with E-state index < -0.39 is 214 Å². The van der Waals surface area contributed by atoms with Crippen molar-refractivity contribution in [3.63, 3.8) is 0 Å². The molecule has 7 amide bonds. The van der Waals surface area contributed by atoms with Gasteiger partial charge < -0.3 is 100 Å². The van der Waals surface area contributed by atoms with Gasteiger partial charge in [-0.2, -0.15) is 0 Å². The summed E-state index contributed by atoms with van der Waals surface area (Å²) >= 11 is 0. The highest BCUT2D eigenvalue weighted by Crippen LogP contribution is 2.32. The number of ether oxygens (including phenoxy) is 7. The van der Waals surface area contributed by atoms with Crippen molar-refractivity contribution in [1.82, 2.24) is 36.4 Å². The molecule has 13 unspecified atom stereocenters. The Morgan fingerprint density at radius 3 is 1.81 bits per heavy atom. The molecule has 4 fully saturated rings. The minimum atomic E-state index is -2.10. The monoisotopic (exact) mass is 1330 g/mol. The maximum atomic E-state index is 14.7. The van der Waals surface area contributed by atoms with E-state index in [2.05, 4.69) is 33.5 Å². The average molecular weight is 1330 g/mol. The molecule has 4 aliphatic heterocycles. The zero-order chi connectivity index (χ0) is 69.2. The number of β-amino-alcohol motifs (C(OH)–C–C–N with tert-alkyl or cyclic N) is 1. The number of hydrogen-bond donors (Lipinski definition) is 11. The largest absolute Gasteiger partial charge is 0.494 e. The third kappa shape index (κ3) is 20.7. The fraction of sp³-hybridized carbons (Fsp3) is 0.635. The van der Waals surface area contributed by atoms with Crippen LogP contribution in [0, 0.1) is 5.92 Å². The summed E-state index contributed by atoms with van der Waals surface area (Å²) in [6, 6.07) is 0.293. The SMILES string of the molecule is CCCCCCCCOc1ccc(C(=O)NC2CC(O)CNC(=O)C3C(O)C(C)CN3C(=O)C(C(C)O)NC(=O)C(C(O)Cc3ccc(O[C@H]4O[C@@H](COC(C)=O)[C@H](OC(C)=O)[C@@H](OC(C)=O)[C@@H]4OC(C)=O)cc3)NC(=O)C3CC(O)CN3C(=O)C(C(C)O)NC2=O)cc1. The van der Waals surface area contributed by atoms with E-state index in [0.29, 0.717) is 12.4 Å². The molecule has 18 atom stereocenters. The molecular weight excluding hydrogens is 1240 g/mol. The first-order valence-corrected chi connectivity index (χ1v) is 31.5. The van der Waals surface area contributed by atoms with Crippen LogP contribution in [0.5, 0.6) is 11.5 Å². The molecule has 0 radical (unpaired) electrons. The highest BCUT2D eigenvalue weighted by molar-refractivity contribution is 6.00. The van der Waals surface area contributed by atoms with Gasteiger partial charge in [-0.15, -0.1) is 0 Å². The van der Waals surface area contributed by atoms with E-state index in [0.717, 1.165) is 89.9 Å². The van der Waals surface area contributed by atoms with Gasteiger partial charge in [-0.3, -0.25) is 52.7 Å². The van der Waals surface area contributed by atoms with Crippen LogP contribution >= 0.6 is 0 Å². The van der Waals surface area contributed by atoms with Gasteiger partial charge in [-0.1, -0.05) is 58.1 Å². The highest BCUT2D eigenvalue weighted by atomic mass is 16.7. The van der Waals surface area contributed by atoms with Crippen LogP contribution in [0.3, 0.4) is 0 Å². The third-order valence-corrected chi connectivity index (χ3v) is 16.3. The van der Waals surface area contributed by atoms with Crippen molar-refractivity contribution in [3.05, 3.63) is 59.7 Å². The predicted octanol–water partition coefficient (Wildman–Crippen LogP) is -2.14. The Hall–Kier alpha value is -8.07. The lowest BCUT2D eigenvalue weighted by atomic mass is 9.98. The Morgan fingerprint density at radius 2 is 1.20 bits per heavy atom. The average Bonchev–Trinajstić information content (AvgIpc) is 1.17. The first-order valence-electron chi connectivity index (χ1n) is 31.5. The number of nitrogens with zero attached hydrogens (tertiary/aromatic N) is 2. The zero-order valence-corrected chi connectivity index (χ0v) is 53.8. The molecule has 2 aromatic carbocycles. The van der Waals surface area contributed by atoms with Crippen molar-refractivity contribution < 1.29 is 117 Å². The molecule has 2 aromatic rings. The smallest absolute Gasteiger partial charge is 0.303 e. The number of fused-ring (bicyclic) bond motifs is 2. The standard InChI is InChI=1S/C63H89N7O24/c1-9-10-11-12-13-14-23-88-42-21-17-39(18-22-42)56(81)65-44-25-40(77)27-64-60(85)51-52(80)31(2)28-70(51)62(87)49(33(4)72)67-59(84)50(68-58(83)45-26-41(78)29-69(45)61(86)48(32(3)71)66-57(44)82)46(79)24-38-15-19-43(20-16-38)93-63-55(92-37(8)76)54(91-36(7)75)53(90-35(6)74)47(94-63)30-89-34(5)73/h15-22,31-33,40-41,44-55,63,71-72,77-80H,9-14,23-30H2,1-8H3,(H,64,85)(H,65,81)(H,66,82)(H,67,84)(H,68,83)/t31?,32?,33?,40?,41?,44?,45?,46?,47-,48?,49?,50?,51?,52?,53-,54+,55-,63-/m0/s1. The van der Waals surface area contributed by atoms with Gasteiger partial charge in [0.05, 0.1) is 43.2 Å². The van der Waals surface area contributed by atoms with E-state index in [9.17, 15) is 83.4 Å². The Kier molecular flexibility index (Phi) is 27.8. The van der Waals surface area contributed by atoms with E-state index in [1.807, 2.05) is 0 Å². The van der Waals surface area contributed by atoms with Gasteiger partial charge in [0.2, 0.25) is 47.8 Å². The maximum Gasteiger partial charge on any atom is 0.303 e. The molecular formula is C63H89N7O24. The van der Waals surface area contributed by atoms with Crippen LogP contribution in [0.25, 0.3) is 0 Å². The molecule has 0 aromatic heterocycles. The fourth-order valence-corrected chi connectivity index (χ4v) is 11.5. The predicted molar refractivity (Wildman–Crippen MR) is 325 cm³/mol. The second-order valence-corrected chi connectivity index (χ2v) is 24.1. The van der Waals surface area contributed by atoms with Crippen LogP contribution in [-0.4, -0.2) is 242 Å². The van der Waals surface area contributed by atoms with Gasteiger partial charge in [-0.05, 0) is 62.2 Å². The summed E-state index contributed by atoms with van der Waals surface area (Å²) in [6.07, 6.45) is -13.2. The second-order valence-electron chi connectivity index (χ2n) is 24.1. The summed E-state index contributed by atoms with van der Waals surface area (Å²) in [6.45, 7) is 8.47. The van der Waals surface area contributed by atoms with Crippen LogP contribution in [-0.2, 0) is 78.1 Å². The van der Waals surface area contributed by atoms with Crippen LogP contribution in [0.2, 0.25) is 0 Å². The van der Waals surface area contributed by atoms with Gasteiger partial charge in [0.1, 0.15) is 60.5 Å². The highest BCUT2D eigenvalue weighted by Gasteiger charge is 2.54. The number of amides is 7. The second kappa shape index (κ2) is 34.9. The molecule has 520 valence electrons. The Balaban J connectivity index is 1.31. The molecule has 11 N–H and O–H groups in total. The van der Waals surface area contributed by atoms with Crippen LogP contribution in [0.4, 0.5) is 0 Å². The summed E-state index contributed by atoms with van der Waals surface area (Å²) in [5, 5.41) is 80.5. The minimum absolute atomic E-state index is 0.0340. The van der Waals surface area contributed by atoms with Crippen molar-refractivity contribution in [2.24, 2.45) is 5.92 Å². The molecule has 31 heteroatoms. The summed E-state index contributed by atoms with van der Waals surface area (Å²) in [7, 11) is 0. The normalized spacial score (nSPS) is 29.1. The third-order valence-electron chi connectivity index (χ3n) is 16.3. The van der Waals surface area contributed by atoms with Gasteiger partial charge in [-0.25, -0.2) is 0 Å². The molecule has 4 heterocycles. The number of rotatable bonds is 22. The molecule has 4 saturated heterocycles. The molecule has 0 spiro atoms. The molecule has 6 rings (SSSR count). The Labute approximate surface area is 543 Å². The number of aliphatic hydroxyl groups is 6. The fourth-order valence-electron chi connectivity index (χ4n) is 11.5. The van der Waals surface area contributed by atoms with E-state index >= 15 is 0 Å². The van der Waals surface area contributed by atoms with E-state index in [1.165, 1.54) is 43.3 Å².